The molecule has 268 valence electrons. The molecule has 0 radical (unpaired) electrons. The summed E-state index contributed by atoms with van der Waals surface area (Å²) >= 11 is 0. The van der Waals surface area contributed by atoms with E-state index in [0.29, 0.717) is 36.6 Å². The lowest BCUT2D eigenvalue weighted by Gasteiger charge is -2.26. The normalized spacial score (nSPS) is 15.1. The molecule has 10 heteroatoms. The van der Waals surface area contributed by atoms with Gasteiger partial charge in [-0.25, -0.2) is 24.7 Å². The molecule has 10 nitrogen and oxygen atoms in total. The third-order valence-electron chi connectivity index (χ3n) is 9.30. The van der Waals surface area contributed by atoms with Gasteiger partial charge in [0.1, 0.15) is 17.6 Å². The summed E-state index contributed by atoms with van der Waals surface area (Å²) in [5, 5.41) is 9.75. The summed E-state index contributed by atoms with van der Waals surface area (Å²) in [5.41, 5.74) is 3.61. The van der Waals surface area contributed by atoms with Crippen LogP contribution in [0.3, 0.4) is 0 Å². The fourth-order valence-electron chi connectivity index (χ4n) is 6.31. The minimum absolute atomic E-state index is 0.0849. The van der Waals surface area contributed by atoms with E-state index in [1.165, 1.54) is 43.0 Å². The summed E-state index contributed by atoms with van der Waals surface area (Å²) in [7, 11) is 0. The van der Waals surface area contributed by atoms with Crippen molar-refractivity contribution in [1.82, 2.24) is 24.8 Å². The second-order valence-corrected chi connectivity index (χ2v) is 14.4. The molecule has 2 aromatic heterocycles. The van der Waals surface area contributed by atoms with Crippen LogP contribution in [0.25, 0.3) is 22.5 Å². The van der Waals surface area contributed by atoms with Gasteiger partial charge < -0.3 is 14.7 Å². The predicted molar refractivity (Wildman–Crippen MR) is 196 cm³/mol. The first-order valence-electron chi connectivity index (χ1n) is 18.1. The lowest BCUT2D eigenvalue weighted by Crippen LogP contribution is -2.44. The van der Waals surface area contributed by atoms with Gasteiger partial charge in [-0.15, -0.1) is 0 Å². The van der Waals surface area contributed by atoms with Gasteiger partial charge in [-0.05, 0) is 48.9 Å². The van der Waals surface area contributed by atoms with E-state index in [0.717, 1.165) is 41.0 Å². The maximum absolute atomic E-state index is 13.8. The van der Waals surface area contributed by atoms with Crippen LogP contribution in [-0.2, 0) is 21.4 Å². The van der Waals surface area contributed by atoms with Crippen molar-refractivity contribution in [3.05, 3.63) is 90.3 Å². The van der Waals surface area contributed by atoms with E-state index < -0.39 is 17.9 Å². The van der Waals surface area contributed by atoms with Gasteiger partial charge in [-0.2, -0.15) is 0 Å². The fourth-order valence-corrected chi connectivity index (χ4v) is 6.31. The number of ketones is 1. The number of unbranched alkanes of at least 4 members (excludes halogenated alkanes) is 4. The van der Waals surface area contributed by atoms with Crippen LogP contribution in [0.2, 0.25) is 0 Å². The number of aliphatic carboxylic acids is 1. The average Bonchev–Trinajstić information content (AvgIpc) is 3.64. The minimum atomic E-state index is -1.03. The van der Waals surface area contributed by atoms with Crippen LogP contribution < -0.4 is 4.74 Å². The summed E-state index contributed by atoms with van der Waals surface area (Å²) in [6, 6.07) is 14.7. The van der Waals surface area contributed by atoms with Crippen LogP contribution in [0.5, 0.6) is 5.75 Å². The first kappa shape index (κ1) is 37.3. The van der Waals surface area contributed by atoms with Gasteiger partial charge in [0.15, 0.2) is 11.6 Å². The molecule has 0 aliphatic carbocycles. The smallest absolute Gasteiger partial charge is 0.326 e. The van der Waals surface area contributed by atoms with E-state index in [-0.39, 0.29) is 29.9 Å². The quantitative estimate of drug-likeness (QED) is 0.0924. The Morgan fingerprint density at radius 2 is 1.49 bits per heavy atom. The number of carbonyl (C=O) groups is 3. The lowest BCUT2D eigenvalue weighted by molar-refractivity contribution is -0.149. The van der Waals surface area contributed by atoms with Crippen LogP contribution in [0.4, 0.5) is 0 Å². The molecular weight excluding hydrogens is 642 g/mol. The Morgan fingerprint density at radius 3 is 2.12 bits per heavy atom. The van der Waals surface area contributed by atoms with Crippen LogP contribution in [0.1, 0.15) is 101 Å². The Balaban J connectivity index is 1.25. The van der Waals surface area contributed by atoms with Crippen molar-refractivity contribution in [2.45, 2.75) is 96.9 Å². The average molecular weight is 692 g/mol. The second kappa shape index (κ2) is 17.3. The third-order valence-corrected chi connectivity index (χ3v) is 9.30. The Bertz CT molecular complexity index is 1750. The number of hydrogen-bond acceptors (Lipinski definition) is 8. The molecule has 5 rings (SSSR count). The largest absolute Gasteiger partial charge is 0.494 e. The van der Waals surface area contributed by atoms with Gasteiger partial charge in [0.25, 0.3) is 0 Å². The van der Waals surface area contributed by atoms with Crippen molar-refractivity contribution < 1.29 is 24.2 Å². The highest BCUT2D eigenvalue weighted by Gasteiger charge is 2.38. The number of hydrogen-bond donors (Lipinski definition) is 1. The van der Waals surface area contributed by atoms with Gasteiger partial charge in [0, 0.05) is 60.2 Å². The maximum Gasteiger partial charge on any atom is 0.326 e. The first-order chi connectivity index (χ1) is 24.5. The van der Waals surface area contributed by atoms with E-state index in [1.54, 1.807) is 12.4 Å². The summed E-state index contributed by atoms with van der Waals surface area (Å²) in [6.07, 6.45) is 13.8. The number of carboxylic acid groups (broad SMARTS) is 1. The monoisotopic (exact) mass is 691 g/mol. The lowest BCUT2D eigenvalue weighted by atomic mass is 9.90. The molecule has 3 heterocycles. The molecule has 2 atom stereocenters. The Hall–Kier alpha value is -4.99. The summed E-state index contributed by atoms with van der Waals surface area (Å²) in [4.78, 5) is 58.5. The number of carboxylic acids is 1. The van der Waals surface area contributed by atoms with Gasteiger partial charge >= 0.3 is 5.97 Å². The zero-order valence-electron chi connectivity index (χ0n) is 30.2. The molecule has 1 saturated heterocycles. The standard InChI is InChI=1S/C41H49N5O5/c1-5-6-7-8-9-21-51-34-18-16-29(17-19-34)32-24-42-37(43-25-32)30-14-12-28(13-15-30)22-31(38(48)46-20-10-11-35(46)39(49)50)23-36(47)33-26-44-40(45-27-33)41(2,3)4/h12-19,24-27,31,35H,5-11,20-23H2,1-4H3,(H,49,50)/t31-,35+/m1/s1. The van der Waals surface area contributed by atoms with Gasteiger partial charge in [0.05, 0.1) is 12.2 Å². The highest BCUT2D eigenvalue weighted by molar-refractivity contribution is 5.98. The van der Waals surface area contributed by atoms with Crippen molar-refractivity contribution in [3.63, 3.8) is 0 Å². The third kappa shape index (κ3) is 10.1. The predicted octanol–water partition coefficient (Wildman–Crippen LogP) is 7.75. The molecule has 51 heavy (non-hydrogen) atoms. The molecule has 0 saturated carbocycles. The van der Waals surface area contributed by atoms with Crippen molar-refractivity contribution in [2.24, 2.45) is 5.92 Å². The maximum atomic E-state index is 13.8. The second-order valence-electron chi connectivity index (χ2n) is 14.4. The van der Waals surface area contributed by atoms with E-state index in [4.69, 9.17) is 4.74 Å². The van der Waals surface area contributed by atoms with Crippen LogP contribution in [0.15, 0.2) is 73.3 Å². The fraction of sp³-hybridized carbons (Fsp3) is 0.439. The number of ether oxygens (including phenoxy) is 1. The summed E-state index contributed by atoms with van der Waals surface area (Å²) in [6.45, 7) is 9.27. The molecule has 1 aliphatic rings. The summed E-state index contributed by atoms with van der Waals surface area (Å²) < 4.78 is 5.90. The molecule has 1 fully saturated rings. The zero-order valence-corrected chi connectivity index (χ0v) is 30.2. The highest BCUT2D eigenvalue weighted by atomic mass is 16.5. The highest BCUT2D eigenvalue weighted by Crippen LogP contribution is 2.27. The number of aromatic nitrogens is 4. The van der Waals surface area contributed by atoms with Gasteiger partial charge in [0.2, 0.25) is 5.91 Å². The topological polar surface area (TPSA) is 135 Å². The Kier molecular flexibility index (Phi) is 12.6. The van der Waals surface area contributed by atoms with Crippen LogP contribution in [-0.4, -0.2) is 66.8 Å². The molecule has 0 spiro atoms. The zero-order chi connectivity index (χ0) is 36.4. The minimum Gasteiger partial charge on any atom is -0.494 e. The SMILES string of the molecule is CCCCCCCOc1ccc(-c2cnc(-c3ccc(C[C@H](CC(=O)c4cnc(C(C)(C)C)nc4)C(=O)N4CCC[C@H]4C(=O)O)cc3)nc2)cc1. The number of likely N-dealkylation sites (tertiary alicyclic amines) is 1. The molecule has 1 aliphatic heterocycles. The number of carbonyl (C=O) groups excluding carboxylic acids is 2. The molecule has 1 amide bonds. The van der Waals surface area contributed by atoms with Crippen molar-refractivity contribution in [2.75, 3.05) is 13.2 Å². The molecule has 0 bridgehead atoms. The number of nitrogens with zero attached hydrogens (tertiary/aromatic N) is 5. The van der Waals surface area contributed by atoms with E-state index >= 15 is 0 Å². The van der Waals surface area contributed by atoms with E-state index in [9.17, 15) is 19.5 Å². The van der Waals surface area contributed by atoms with Gasteiger partial charge in [-0.3, -0.25) is 9.59 Å². The number of amides is 1. The number of rotatable bonds is 16. The molecule has 2 aromatic carbocycles. The number of Topliss-reactive ketones (excluding diaryl/α,β-unsaturated/α-hetero) is 1. The van der Waals surface area contributed by atoms with Crippen LogP contribution in [0, 0.1) is 5.92 Å². The van der Waals surface area contributed by atoms with E-state index in [1.807, 2.05) is 69.3 Å². The molecule has 0 unspecified atom stereocenters. The number of benzene rings is 2. The van der Waals surface area contributed by atoms with Gasteiger partial charge in [-0.1, -0.05) is 89.8 Å². The van der Waals surface area contributed by atoms with Crippen LogP contribution >= 0.6 is 0 Å². The molecule has 4 aromatic rings. The molecular formula is C41H49N5O5. The summed E-state index contributed by atoms with van der Waals surface area (Å²) in [5.74, 6) is -0.321. The molecule has 1 N–H and O–H groups in total. The Labute approximate surface area is 300 Å². The van der Waals surface area contributed by atoms with Crippen molar-refractivity contribution in [3.8, 4) is 28.3 Å². The first-order valence-corrected chi connectivity index (χ1v) is 18.1. The Morgan fingerprint density at radius 1 is 0.843 bits per heavy atom. The van der Waals surface area contributed by atoms with Crippen molar-refractivity contribution in [1.29, 1.82) is 0 Å². The van der Waals surface area contributed by atoms with E-state index in [2.05, 4.69) is 26.9 Å². The van der Waals surface area contributed by atoms with Crippen molar-refractivity contribution >= 4 is 17.7 Å².